The predicted molar refractivity (Wildman–Crippen MR) is 64.6 cm³/mol. The summed E-state index contributed by atoms with van der Waals surface area (Å²) >= 11 is 3.33. The number of carbonyl (C=O) groups is 1. The fourth-order valence-electron chi connectivity index (χ4n) is 1.72. The van der Waals surface area contributed by atoms with Crippen LogP contribution in [-0.2, 0) is 4.74 Å². The van der Waals surface area contributed by atoms with Crippen molar-refractivity contribution >= 4 is 22.0 Å². The Labute approximate surface area is 104 Å². The first-order valence-corrected chi connectivity index (χ1v) is 6.62. The smallest absolute Gasteiger partial charge is 0.410 e. The van der Waals surface area contributed by atoms with E-state index < -0.39 is 17.9 Å². The number of halogens is 2. The summed E-state index contributed by atoms with van der Waals surface area (Å²) in [5.41, 5.74) is -0.524. The second kappa shape index (κ2) is 5.34. The maximum absolute atomic E-state index is 13.4. The summed E-state index contributed by atoms with van der Waals surface area (Å²) in [4.78, 5) is 13.2. The van der Waals surface area contributed by atoms with Crippen molar-refractivity contribution in [2.24, 2.45) is 5.92 Å². The Morgan fingerprint density at radius 1 is 1.50 bits per heavy atom. The Hall–Kier alpha value is -0.320. The Morgan fingerprint density at radius 3 is 2.62 bits per heavy atom. The van der Waals surface area contributed by atoms with Gasteiger partial charge in [0.2, 0.25) is 0 Å². The SMILES string of the molecule is CC(C)(C)OC(=O)N1CC(F)CC(CBr)C1. The van der Waals surface area contributed by atoms with Crippen LogP contribution in [0.25, 0.3) is 0 Å². The topological polar surface area (TPSA) is 29.5 Å². The van der Waals surface area contributed by atoms with Crippen LogP contribution < -0.4 is 0 Å². The van der Waals surface area contributed by atoms with Gasteiger partial charge < -0.3 is 9.64 Å². The van der Waals surface area contributed by atoms with Crippen LogP contribution in [0.1, 0.15) is 27.2 Å². The minimum Gasteiger partial charge on any atom is -0.444 e. The average Bonchev–Trinajstić information content (AvgIpc) is 2.14. The van der Waals surface area contributed by atoms with E-state index in [-0.39, 0.29) is 12.5 Å². The number of carbonyl (C=O) groups excluding carboxylic acids is 1. The zero-order valence-electron chi connectivity index (χ0n) is 10.0. The van der Waals surface area contributed by atoms with E-state index in [1.54, 1.807) is 0 Å². The van der Waals surface area contributed by atoms with Gasteiger partial charge in [-0.05, 0) is 33.1 Å². The molecule has 0 spiro atoms. The van der Waals surface area contributed by atoms with Crippen molar-refractivity contribution in [1.82, 2.24) is 4.90 Å². The second-order valence-electron chi connectivity index (χ2n) is 5.24. The van der Waals surface area contributed by atoms with Gasteiger partial charge in [-0.1, -0.05) is 15.9 Å². The van der Waals surface area contributed by atoms with Crippen molar-refractivity contribution in [2.45, 2.75) is 39.0 Å². The molecule has 0 aromatic heterocycles. The summed E-state index contributed by atoms with van der Waals surface area (Å²) in [6.45, 7) is 6.15. The molecule has 0 N–H and O–H groups in total. The summed E-state index contributed by atoms with van der Waals surface area (Å²) in [7, 11) is 0. The number of nitrogens with zero attached hydrogens (tertiary/aromatic N) is 1. The molecule has 1 saturated heterocycles. The predicted octanol–water partition coefficient (Wildman–Crippen LogP) is 2.98. The molecule has 1 amide bonds. The van der Waals surface area contributed by atoms with Crippen molar-refractivity contribution in [1.29, 1.82) is 0 Å². The summed E-state index contributed by atoms with van der Waals surface area (Å²) in [6.07, 6.45) is -0.838. The molecule has 0 radical (unpaired) electrons. The number of likely N-dealkylation sites (tertiary alicyclic amines) is 1. The van der Waals surface area contributed by atoms with Gasteiger partial charge in [-0.15, -0.1) is 0 Å². The molecule has 94 valence electrons. The number of piperidine rings is 1. The van der Waals surface area contributed by atoms with Gasteiger partial charge in [0.1, 0.15) is 11.8 Å². The number of ether oxygens (including phenoxy) is 1. The number of alkyl halides is 2. The van der Waals surface area contributed by atoms with E-state index >= 15 is 0 Å². The number of amides is 1. The van der Waals surface area contributed by atoms with Crippen LogP contribution in [0.5, 0.6) is 0 Å². The first kappa shape index (κ1) is 13.7. The van der Waals surface area contributed by atoms with E-state index in [0.717, 1.165) is 0 Å². The van der Waals surface area contributed by atoms with E-state index in [0.29, 0.717) is 18.3 Å². The molecule has 2 unspecified atom stereocenters. The van der Waals surface area contributed by atoms with Crippen molar-refractivity contribution in [3.05, 3.63) is 0 Å². The van der Waals surface area contributed by atoms with Gasteiger partial charge in [-0.3, -0.25) is 0 Å². The van der Waals surface area contributed by atoms with Crippen molar-refractivity contribution in [2.75, 3.05) is 18.4 Å². The highest BCUT2D eigenvalue weighted by Gasteiger charge is 2.31. The lowest BCUT2D eigenvalue weighted by Crippen LogP contribution is -2.47. The number of hydrogen-bond acceptors (Lipinski definition) is 2. The Bertz CT molecular complexity index is 255. The average molecular weight is 296 g/mol. The van der Waals surface area contributed by atoms with Gasteiger partial charge in [0.25, 0.3) is 0 Å². The minimum absolute atomic E-state index is 0.151. The molecule has 0 bridgehead atoms. The Kier molecular flexibility index (Phi) is 4.59. The van der Waals surface area contributed by atoms with Crippen LogP contribution in [0.15, 0.2) is 0 Å². The first-order chi connectivity index (χ1) is 7.31. The van der Waals surface area contributed by atoms with Crippen LogP contribution in [0.2, 0.25) is 0 Å². The lowest BCUT2D eigenvalue weighted by Gasteiger charge is -2.35. The van der Waals surface area contributed by atoms with E-state index in [1.807, 2.05) is 20.8 Å². The van der Waals surface area contributed by atoms with E-state index in [9.17, 15) is 9.18 Å². The van der Waals surface area contributed by atoms with Crippen LogP contribution >= 0.6 is 15.9 Å². The second-order valence-corrected chi connectivity index (χ2v) is 5.89. The molecule has 2 atom stereocenters. The first-order valence-electron chi connectivity index (χ1n) is 5.50. The zero-order chi connectivity index (χ0) is 12.3. The number of hydrogen-bond donors (Lipinski definition) is 0. The highest BCUT2D eigenvalue weighted by atomic mass is 79.9. The fourth-order valence-corrected chi connectivity index (χ4v) is 2.19. The van der Waals surface area contributed by atoms with Gasteiger partial charge >= 0.3 is 6.09 Å². The van der Waals surface area contributed by atoms with Gasteiger partial charge in [0.05, 0.1) is 6.54 Å². The maximum Gasteiger partial charge on any atom is 0.410 e. The van der Waals surface area contributed by atoms with Gasteiger partial charge in [0, 0.05) is 11.9 Å². The highest BCUT2D eigenvalue weighted by molar-refractivity contribution is 9.09. The summed E-state index contributed by atoms with van der Waals surface area (Å²) in [5, 5.41) is 0.715. The van der Waals surface area contributed by atoms with E-state index in [4.69, 9.17) is 4.74 Å². The summed E-state index contributed by atoms with van der Waals surface area (Å²) < 4.78 is 18.6. The molecule has 16 heavy (non-hydrogen) atoms. The third kappa shape index (κ3) is 4.28. The van der Waals surface area contributed by atoms with E-state index in [2.05, 4.69) is 15.9 Å². The highest BCUT2D eigenvalue weighted by Crippen LogP contribution is 2.22. The molecule has 0 aliphatic carbocycles. The molecule has 1 heterocycles. The van der Waals surface area contributed by atoms with Gasteiger partial charge in [-0.25, -0.2) is 9.18 Å². The molecular formula is C11H19BrFNO2. The molecular weight excluding hydrogens is 277 g/mol. The summed E-state index contributed by atoms with van der Waals surface area (Å²) in [6, 6.07) is 0. The van der Waals surface area contributed by atoms with Crippen molar-refractivity contribution in [3.63, 3.8) is 0 Å². The summed E-state index contributed by atoms with van der Waals surface area (Å²) in [5.74, 6) is 0.177. The maximum atomic E-state index is 13.4. The molecule has 0 aromatic carbocycles. The largest absolute Gasteiger partial charge is 0.444 e. The lowest BCUT2D eigenvalue weighted by atomic mass is 9.99. The van der Waals surface area contributed by atoms with Crippen LogP contribution in [-0.4, -0.2) is 41.2 Å². The fraction of sp³-hybridized carbons (Fsp3) is 0.909. The molecule has 5 heteroatoms. The molecule has 1 aliphatic rings. The van der Waals surface area contributed by atoms with Crippen LogP contribution in [0.3, 0.4) is 0 Å². The molecule has 0 saturated carbocycles. The molecule has 1 fully saturated rings. The Morgan fingerprint density at radius 2 is 2.12 bits per heavy atom. The quantitative estimate of drug-likeness (QED) is 0.696. The monoisotopic (exact) mass is 295 g/mol. The standard InChI is InChI=1S/C11H19BrFNO2/c1-11(2,3)16-10(15)14-6-8(5-12)4-9(13)7-14/h8-9H,4-7H2,1-3H3. The molecule has 0 aromatic rings. The molecule has 3 nitrogen and oxygen atoms in total. The van der Waals surface area contributed by atoms with E-state index in [1.165, 1.54) is 4.90 Å². The minimum atomic E-state index is -0.941. The molecule has 1 rings (SSSR count). The van der Waals surface area contributed by atoms with Crippen LogP contribution in [0.4, 0.5) is 9.18 Å². The zero-order valence-corrected chi connectivity index (χ0v) is 11.6. The van der Waals surface area contributed by atoms with Crippen LogP contribution in [0, 0.1) is 5.92 Å². The third-order valence-corrected chi connectivity index (χ3v) is 3.27. The van der Waals surface area contributed by atoms with Crippen molar-refractivity contribution in [3.8, 4) is 0 Å². The van der Waals surface area contributed by atoms with Gasteiger partial charge in [0.15, 0.2) is 0 Å². The van der Waals surface area contributed by atoms with Gasteiger partial charge in [-0.2, -0.15) is 0 Å². The lowest BCUT2D eigenvalue weighted by molar-refractivity contribution is 0.00779. The third-order valence-electron chi connectivity index (χ3n) is 2.36. The normalized spacial score (nSPS) is 26.7. The number of rotatable bonds is 1. The molecule has 1 aliphatic heterocycles. The Balaban J connectivity index is 2.55. The van der Waals surface area contributed by atoms with Crippen molar-refractivity contribution < 1.29 is 13.9 Å².